The second-order valence-electron chi connectivity index (χ2n) is 3.60. The van der Waals surface area contributed by atoms with Gasteiger partial charge in [0.25, 0.3) is 0 Å². The molecule has 1 heterocycles. The highest BCUT2D eigenvalue weighted by Crippen LogP contribution is 2.20. The van der Waals surface area contributed by atoms with E-state index in [-0.39, 0.29) is 0 Å². The average Bonchev–Trinajstić information content (AvgIpc) is 2.68. The average molecular weight is 205 g/mol. The molecule has 1 aromatic carbocycles. The highest BCUT2D eigenvalue weighted by atomic mass is 16.6. The number of nitrogen functional groups attached to an aromatic ring is 1. The first-order valence-electron chi connectivity index (χ1n) is 4.99. The molecule has 0 aliphatic carbocycles. The van der Waals surface area contributed by atoms with Crippen molar-refractivity contribution in [2.75, 3.05) is 30.8 Å². The van der Waals surface area contributed by atoms with Gasteiger partial charge in [0.05, 0.1) is 12.3 Å². The molecule has 0 radical (unpaired) electrons. The number of oxime groups is 1. The molecule has 4 heteroatoms. The molecular weight excluding hydrogens is 190 g/mol. The molecule has 0 saturated carbocycles. The Bertz CT molecular complexity index is 359. The standard InChI is InChI=1S/C11H15N3O/c1-15-13-10-6-7-14(8-10)11-4-2-9(12)3-5-11/h2-5H,6-8,12H2,1H3. The zero-order chi connectivity index (χ0) is 10.7. The van der Waals surface area contributed by atoms with E-state index in [2.05, 4.69) is 10.1 Å². The van der Waals surface area contributed by atoms with Gasteiger partial charge in [-0.1, -0.05) is 5.16 Å². The van der Waals surface area contributed by atoms with Crippen LogP contribution in [0.3, 0.4) is 0 Å². The second-order valence-corrected chi connectivity index (χ2v) is 3.60. The first-order chi connectivity index (χ1) is 7.29. The first kappa shape index (κ1) is 9.83. The number of nitrogens with two attached hydrogens (primary N) is 1. The number of nitrogens with zero attached hydrogens (tertiary/aromatic N) is 2. The van der Waals surface area contributed by atoms with Crippen LogP contribution in [-0.2, 0) is 4.84 Å². The van der Waals surface area contributed by atoms with E-state index < -0.39 is 0 Å². The maximum Gasteiger partial charge on any atom is 0.106 e. The normalized spacial score (nSPS) is 18.5. The monoisotopic (exact) mass is 205 g/mol. The Balaban J connectivity index is 2.07. The van der Waals surface area contributed by atoms with Gasteiger partial charge in [0, 0.05) is 24.3 Å². The third-order valence-corrected chi connectivity index (χ3v) is 2.52. The summed E-state index contributed by atoms with van der Waals surface area (Å²) >= 11 is 0. The molecule has 1 aliphatic heterocycles. The van der Waals surface area contributed by atoms with Gasteiger partial charge in [0.15, 0.2) is 0 Å². The zero-order valence-corrected chi connectivity index (χ0v) is 8.81. The molecule has 80 valence electrons. The molecule has 0 bridgehead atoms. The van der Waals surface area contributed by atoms with Crippen LogP contribution in [0.15, 0.2) is 29.4 Å². The fraction of sp³-hybridized carbons (Fsp3) is 0.364. The zero-order valence-electron chi connectivity index (χ0n) is 8.81. The van der Waals surface area contributed by atoms with Gasteiger partial charge in [-0.15, -0.1) is 0 Å². The van der Waals surface area contributed by atoms with Gasteiger partial charge in [-0.05, 0) is 24.3 Å². The van der Waals surface area contributed by atoms with E-state index >= 15 is 0 Å². The van der Waals surface area contributed by atoms with Crippen LogP contribution in [0.2, 0.25) is 0 Å². The van der Waals surface area contributed by atoms with E-state index in [9.17, 15) is 0 Å². The van der Waals surface area contributed by atoms with Gasteiger partial charge in [-0.3, -0.25) is 0 Å². The van der Waals surface area contributed by atoms with Gasteiger partial charge in [0.1, 0.15) is 7.11 Å². The summed E-state index contributed by atoms with van der Waals surface area (Å²) in [5, 5.41) is 3.97. The molecule has 0 atom stereocenters. The van der Waals surface area contributed by atoms with E-state index in [1.54, 1.807) is 7.11 Å². The van der Waals surface area contributed by atoms with Gasteiger partial charge in [0.2, 0.25) is 0 Å². The molecule has 1 saturated heterocycles. The molecule has 0 amide bonds. The molecule has 2 N–H and O–H groups in total. The Morgan fingerprint density at radius 3 is 2.73 bits per heavy atom. The van der Waals surface area contributed by atoms with Crippen LogP contribution in [-0.4, -0.2) is 25.9 Å². The number of rotatable bonds is 2. The number of hydrogen-bond donors (Lipinski definition) is 1. The fourth-order valence-corrected chi connectivity index (χ4v) is 1.75. The van der Waals surface area contributed by atoms with Gasteiger partial charge in [-0.2, -0.15) is 0 Å². The Morgan fingerprint density at radius 2 is 2.07 bits per heavy atom. The van der Waals surface area contributed by atoms with Crippen LogP contribution < -0.4 is 10.6 Å². The summed E-state index contributed by atoms with van der Waals surface area (Å²) < 4.78 is 0. The van der Waals surface area contributed by atoms with Crippen LogP contribution in [0.25, 0.3) is 0 Å². The van der Waals surface area contributed by atoms with Crippen molar-refractivity contribution >= 4 is 17.1 Å². The molecule has 1 fully saturated rings. The van der Waals surface area contributed by atoms with Crippen molar-refractivity contribution in [3.05, 3.63) is 24.3 Å². The lowest BCUT2D eigenvalue weighted by atomic mass is 10.2. The predicted octanol–water partition coefficient (Wildman–Crippen LogP) is 1.48. The molecule has 15 heavy (non-hydrogen) atoms. The minimum Gasteiger partial charge on any atom is -0.399 e. The summed E-state index contributed by atoms with van der Waals surface area (Å²) in [6.45, 7) is 1.84. The Labute approximate surface area is 89.3 Å². The third-order valence-electron chi connectivity index (χ3n) is 2.52. The highest BCUT2D eigenvalue weighted by Gasteiger charge is 2.18. The first-order valence-corrected chi connectivity index (χ1v) is 4.99. The SMILES string of the molecule is CON=C1CCN(c2ccc(N)cc2)C1. The molecule has 0 spiro atoms. The maximum atomic E-state index is 5.64. The van der Waals surface area contributed by atoms with E-state index in [1.165, 1.54) is 5.69 Å². The van der Waals surface area contributed by atoms with Gasteiger partial charge >= 0.3 is 0 Å². The Morgan fingerprint density at radius 1 is 1.33 bits per heavy atom. The van der Waals surface area contributed by atoms with Crippen molar-refractivity contribution in [1.29, 1.82) is 0 Å². The van der Waals surface area contributed by atoms with E-state index in [0.717, 1.165) is 30.9 Å². The molecule has 0 aromatic heterocycles. The quantitative estimate of drug-likeness (QED) is 0.587. The predicted molar refractivity (Wildman–Crippen MR) is 62.1 cm³/mol. The summed E-state index contributed by atoms with van der Waals surface area (Å²) in [5.74, 6) is 0. The van der Waals surface area contributed by atoms with Crippen LogP contribution in [0.5, 0.6) is 0 Å². The lowest BCUT2D eigenvalue weighted by Gasteiger charge is -2.16. The summed E-state index contributed by atoms with van der Waals surface area (Å²) in [5.41, 5.74) is 8.71. The van der Waals surface area contributed by atoms with Crippen LogP contribution in [0.1, 0.15) is 6.42 Å². The van der Waals surface area contributed by atoms with Crippen LogP contribution in [0, 0.1) is 0 Å². The van der Waals surface area contributed by atoms with Crippen molar-refractivity contribution in [2.45, 2.75) is 6.42 Å². The smallest absolute Gasteiger partial charge is 0.106 e. The lowest BCUT2D eigenvalue weighted by molar-refractivity contribution is 0.212. The molecule has 4 nitrogen and oxygen atoms in total. The summed E-state index contributed by atoms with van der Waals surface area (Å²) in [4.78, 5) is 7.03. The minimum atomic E-state index is 0.795. The molecule has 0 unspecified atom stereocenters. The summed E-state index contributed by atoms with van der Waals surface area (Å²) in [6.07, 6.45) is 0.970. The van der Waals surface area contributed by atoms with Crippen molar-refractivity contribution in [3.8, 4) is 0 Å². The van der Waals surface area contributed by atoms with E-state index in [4.69, 9.17) is 10.6 Å². The van der Waals surface area contributed by atoms with Crippen LogP contribution >= 0.6 is 0 Å². The van der Waals surface area contributed by atoms with Crippen molar-refractivity contribution in [2.24, 2.45) is 5.16 Å². The van der Waals surface area contributed by atoms with Gasteiger partial charge in [-0.25, -0.2) is 0 Å². The molecule has 2 rings (SSSR count). The second kappa shape index (κ2) is 4.21. The minimum absolute atomic E-state index is 0.795. The van der Waals surface area contributed by atoms with Crippen LogP contribution in [0.4, 0.5) is 11.4 Å². The third kappa shape index (κ3) is 2.21. The maximum absolute atomic E-state index is 5.64. The topological polar surface area (TPSA) is 50.8 Å². The summed E-state index contributed by atoms with van der Waals surface area (Å²) in [7, 11) is 1.58. The molecular formula is C11H15N3O. The van der Waals surface area contributed by atoms with Crippen molar-refractivity contribution in [3.63, 3.8) is 0 Å². The van der Waals surface area contributed by atoms with Crippen molar-refractivity contribution < 1.29 is 4.84 Å². The van der Waals surface area contributed by atoms with Crippen molar-refractivity contribution in [1.82, 2.24) is 0 Å². The Hall–Kier alpha value is -1.71. The lowest BCUT2D eigenvalue weighted by Crippen LogP contribution is -2.19. The number of benzene rings is 1. The molecule has 1 aliphatic rings. The Kier molecular flexibility index (Phi) is 2.76. The number of anilines is 2. The van der Waals surface area contributed by atoms with E-state index in [1.807, 2.05) is 24.3 Å². The molecule has 1 aromatic rings. The largest absolute Gasteiger partial charge is 0.399 e. The summed E-state index contributed by atoms with van der Waals surface area (Å²) in [6, 6.07) is 7.90. The van der Waals surface area contributed by atoms with Gasteiger partial charge < -0.3 is 15.5 Å². The fourth-order valence-electron chi connectivity index (χ4n) is 1.75. The van der Waals surface area contributed by atoms with E-state index in [0.29, 0.717) is 0 Å². The highest BCUT2D eigenvalue weighted by molar-refractivity contribution is 5.91. The number of hydrogen-bond acceptors (Lipinski definition) is 4.